The molecule has 4 rings (SSSR count). The number of H-pyrrole nitrogens is 1. The van der Waals surface area contributed by atoms with Crippen molar-refractivity contribution in [3.05, 3.63) is 59.4 Å². The molecule has 2 aromatic carbocycles. The third kappa shape index (κ3) is 4.27. The lowest BCUT2D eigenvalue weighted by atomic mass is 10.1. The summed E-state index contributed by atoms with van der Waals surface area (Å²) in [6, 6.07) is 14.4. The molecule has 0 atom stereocenters. The molecular weight excluding hydrogens is 374 g/mol. The van der Waals surface area contributed by atoms with Crippen molar-refractivity contribution in [1.82, 2.24) is 15.0 Å². The Kier molecular flexibility index (Phi) is 5.65. The smallest absolute Gasteiger partial charge is 0.224 e. The van der Waals surface area contributed by atoms with Gasteiger partial charge in [0.2, 0.25) is 11.9 Å². The van der Waals surface area contributed by atoms with Crippen LogP contribution >= 0.6 is 0 Å². The summed E-state index contributed by atoms with van der Waals surface area (Å²) >= 11 is 0. The molecule has 0 saturated heterocycles. The second kappa shape index (κ2) is 8.53. The SMILES string of the molecule is CCc1cccc2c1[nH]c1cc(NC(=O)CCCNc3nc(C)cc(C)n3)ccc12. The first-order valence-corrected chi connectivity index (χ1v) is 10.4. The molecule has 2 aromatic heterocycles. The third-order valence-electron chi connectivity index (χ3n) is 5.23. The maximum Gasteiger partial charge on any atom is 0.224 e. The van der Waals surface area contributed by atoms with Crippen LogP contribution in [0, 0.1) is 13.8 Å². The Morgan fingerprint density at radius 3 is 2.60 bits per heavy atom. The summed E-state index contributed by atoms with van der Waals surface area (Å²) in [4.78, 5) is 24.6. The van der Waals surface area contributed by atoms with Crippen LogP contribution in [0.3, 0.4) is 0 Å². The first-order valence-electron chi connectivity index (χ1n) is 10.4. The minimum atomic E-state index is 0.00264. The van der Waals surface area contributed by atoms with Crippen molar-refractivity contribution in [2.75, 3.05) is 17.2 Å². The van der Waals surface area contributed by atoms with Crippen molar-refractivity contribution in [1.29, 1.82) is 0 Å². The Labute approximate surface area is 176 Å². The van der Waals surface area contributed by atoms with Crippen LogP contribution in [0.1, 0.15) is 36.7 Å². The molecule has 0 radical (unpaired) electrons. The number of benzene rings is 2. The van der Waals surface area contributed by atoms with Gasteiger partial charge in [0.05, 0.1) is 0 Å². The molecule has 0 fully saturated rings. The highest BCUT2D eigenvalue weighted by atomic mass is 16.1. The van der Waals surface area contributed by atoms with Crippen molar-refractivity contribution in [3.63, 3.8) is 0 Å². The zero-order chi connectivity index (χ0) is 21.1. The number of nitrogens with one attached hydrogen (secondary N) is 3. The maximum atomic E-state index is 12.4. The van der Waals surface area contributed by atoms with E-state index in [2.05, 4.69) is 56.8 Å². The number of anilines is 2. The third-order valence-corrected chi connectivity index (χ3v) is 5.23. The quantitative estimate of drug-likeness (QED) is 0.375. The number of aryl methyl sites for hydroxylation is 3. The predicted octanol–water partition coefficient (Wildman–Crippen LogP) is 5.12. The van der Waals surface area contributed by atoms with Gasteiger partial charge in [0, 0.05) is 51.8 Å². The lowest BCUT2D eigenvalue weighted by Crippen LogP contribution is -2.14. The number of carbonyl (C=O) groups is 1. The lowest BCUT2D eigenvalue weighted by molar-refractivity contribution is -0.116. The second-order valence-corrected chi connectivity index (χ2v) is 7.63. The molecule has 154 valence electrons. The topological polar surface area (TPSA) is 82.7 Å². The summed E-state index contributed by atoms with van der Waals surface area (Å²) in [6.07, 6.45) is 2.12. The maximum absolute atomic E-state index is 12.4. The van der Waals surface area contributed by atoms with Gasteiger partial charge in [0.15, 0.2) is 0 Å². The molecule has 6 nitrogen and oxygen atoms in total. The highest BCUT2D eigenvalue weighted by Gasteiger charge is 2.09. The number of hydrogen-bond acceptors (Lipinski definition) is 4. The fourth-order valence-corrected chi connectivity index (χ4v) is 3.84. The summed E-state index contributed by atoms with van der Waals surface area (Å²) < 4.78 is 0. The molecular formula is C24H27N5O. The first kappa shape index (κ1) is 19.9. The number of hydrogen-bond donors (Lipinski definition) is 3. The van der Waals surface area contributed by atoms with Gasteiger partial charge in [-0.2, -0.15) is 0 Å². The number of amides is 1. The zero-order valence-electron chi connectivity index (χ0n) is 17.7. The average molecular weight is 402 g/mol. The van der Waals surface area contributed by atoms with Crippen LogP contribution < -0.4 is 10.6 Å². The van der Waals surface area contributed by atoms with Crippen molar-refractivity contribution in [2.45, 2.75) is 40.0 Å². The summed E-state index contributed by atoms with van der Waals surface area (Å²) in [7, 11) is 0. The van der Waals surface area contributed by atoms with E-state index in [-0.39, 0.29) is 5.91 Å². The normalized spacial score (nSPS) is 11.2. The highest BCUT2D eigenvalue weighted by molar-refractivity contribution is 6.09. The number of carbonyl (C=O) groups excluding carboxylic acids is 1. The van der Waals surface area contributed by atoms with Gasteiger partial charge in [-0.25, -0.2) is 9.97 Å². The van der Waals surface area contributed by atoms with Crippen LogP contribution in [0.15, 0.2) is 42.5 Å². The fourth-order valence-electron chi connectivity index (χ4n) is 3.84. The number of rotatable bonds is 7. The Balaban J connectivity index is 1.36. The van der Waals surface area contributed by atoms with E-state index in [0.29, 0.717) is 25.3 Å². The van der Waals surface area contributed by atoms with E-state index >= 15 is 0 Å². The molecule has 0 aliphatic rings. The minimum absolute atomic E-state index is 0.00264. The molecule has 1 amide bonds. The van der Waals surface area contributed by atoms with Gasteiger partial charge in [0.1, 0.15) is 0 Å². The summed E-state index contributed by atoms with van der Waals surface area (Å²) in [6.45, 7) is 6.70. The second-order valence-electron chi connectivity index (χ2n) is 7.63. The monoisotopic (exact) mass is 401 g/mol. The minimum Gasteiger partial charge on any atom is -0.354 e. The standard InChI is InChI=1S/C24H27N5O/c1-4-17-7-5-8-20-19-11-10-18(14-21(19)29-23(17)20)28-22(30)9-6-12-25-24-26-15(2)13-16(3)27-24/h5,7-8,10-11,13-14,29H,4,6,9,12H2,1-3H3,(H,28,30)(H,25,26,27). The van der Waals surface area contributed by atoms with E-state index in [1.54, 1.807) is 0 Å². The van der Waals surface area contributed by atoms with E-state index in [1.165, 1.54) is 21.9 Å². The fraction of sp³-hybridized carbons (Fsp3) is 0.292. The van der Waals surface area contributed by atoms with Gasteiger partial charge in [-0.1, -0.05) is 31.2 Å². The van der Waals surface area contributed by atoms with Crippen molar-refractivity contribution in [2.24, 2.45) is 0 Å². The Bertz CT molecular complexity index is 1190. The molecule has 0 saturated carbocycles. The van der Waals surface area contributed by atoms with Crippen molar-refractivity contribution >= 4 is 39.3 Å². The van der Waals surface area contributed by atoms with Crippen molar-refractivity contribution < 1.29 is 4.79 Å². The summed E-state index contributed by atoms with van der Waals surface area (Å²) in [5.74, 6) is 0.617. The number of aromatic nitrogens is 3. The predicted molar refractivity (Wildman–Crippen MR) is 123 cm³/mol. The van der Waals surface area contributed by atoms with Gasteiger partial charge in [0.25, 0.3) is 0 Å². The molecule has 0 unspecified atom stereocenters. The lowest BCUT2D eigenvalue weighted by Gasteiger charge is -2.07. The van der Waals surface area contributed by atoms with Crippen LogP contribution in [0.4, 0.5) is 11.6 Å². The molecule has 2 heterocycles. The van der Waals surface area contributed by atoms with Crippen LogP contribution in [0.2, 0.25) is 0 Å². The zero-order valence-corrected chi connectivity index (χ0v) is 17.7. The van der Waals surface area contributed by atoms with E-state index in [1.807, 2.05) is 32.0 Å². The number of nitrogens with zero attached hydrogens (tertiary/aromatic N) is 2. The molecule has 0 bridgehead atoms. The van der Waals surface area contributed by atoms with Gasteiger partial charge in [-0.3, -0.25) is 4.79 Å². The highest BCUT2D eigenvalue weighted by Crippen LogP contribution is 2.29. The van der Waals surface area contributed by atoms with E-state index in [9.17, 15) is 4.79 Å². The Hall–Kier alpha value is -3.41. The molecule has 4 aromatic rings. The van der Waals surface area contributed by atoms with Gasteiger partial charge < -0.3 is 15.6 Å². The molecule has 30 heavy (non-hydrogen) atoms. The summed E-state index contributed by atoms with van der Waals surface area (Å²) in [5, 5.41) is 8.59. The van der Waals surface area contributed by atoms with Crippen LogP contribution in [-0.4, -0.2) is 27.4 Å². The van der Waals surface area contributed by atoms with Crippen molar-refractivity contribution in [3.8, 4) is 0 Å². The largest absolute Gasteiger partial charge is 0.354 e. The van der Waals surface area contributed by atoms with Gasteiger partial charge >= 0.3 is 0 Å². The van der Waals surface area contributed by atoms with Gasteiger partial charge in [-0.15, -0.1) is 0 Å². The van der Waals surface area contributed by atoms with Gasteiger partial charge in [-0.05, 0) is 50.5 Å². The molecule has 0 aliphatic heterocycles. The van der Waals surface area contributed by atoms with Crippen LogP contribution in [0.5, 0.6) is 0 Å². The number of fused-ring (bicyclic) bond motifs is 3. The number of para-hydroxylation sites is 1. The van der Waals surface area contributed by atoms with Crippen LogP contribution in [-0.2, 0) is 11.2 Å². The molecule has 0 spiro atoms. The Morgan fingerprint density at radius 2 is 1.83 bits per heavy atom. The Morgan fingerprint density at radius 1 is 1.03 bits per heavy atom. The average Bonchev–Trinajstić information content (AvgIpc) is 3.08. The molecule has 3 N–H and O–H groups in total. The first-order chi connectivity index (χ1) is 14.5. The van der Waals surface area contributed by atoms with E-state index in [4.69, 9.17) is 0 Å². The van der Waals surface area contributed by atoms with E-state index < -0.39 is 0 Å². The van der Waals surface area contributed by atoms with E-state index in [0.717, 1.165) is 29.0 Å². The summed E-state index contributed by atoms with van der Waals surface area (Å²) in [5.41, 5.74) is 6.19. The number of aromatic amines is 1. The molecule has 6 heteroatoms. The molecule has 0 aliphatic carbocycles. The van der Waals surface area contributed by atoms with Crippen LogP contribution in [0.25, 0.3) is 21.8 Å².